The Labute approximate surface area is 125 Å². The maximum absolute atomic E-state index is 13.3. The molecule has 6 nitrogen and oxygen atoms in total. The number of halogens is 2. The molecule has 1 aromatic rings. The highest BCUT2D eigenvalue weighted by molar-refractivity contribution is 7.89. The van der Waals surface area contributed by atoms with Crippen LogP contribution in [-0.2, 0) is 25.2 Å². The Hall–Kier alpha value is -2.16. The van der Waals surface area contributed by atoms with Crippen LogP contribution in [0.1, 0.15) is 19.4 Å². The number of carbonyl (C=O) groups excluding carboxylic acids is 1. The predicted octanol–water partition coefficient (Wildman–Crippen LogP) is 1.45. The molecule has 0 bridgehead atoms. The van der Waals surface area contributed by atoms with Gasteiger partial charge in [0.05, 0.1) is 5.75 Å². The molecule has 0 aliphatic carbocycles. The average molecular weight is 333 g/mol. The molecule has 0 radical (unpaired) electrons. The molecule has 1 aromatic carbocycles. The van der Waals surface area contributed by atoms with Gasteiger partial charge in [-0.25, -0.2) is 17.2 Å². The summed E-state index contributed by atoms with van der Waals surface area (Å²) in [5.74, 6) is -5.14. The normalized spacial score (nSPS) is 21.9. The topological polar surface area (TPSA) is 92.7 Å². The Morgan fingerprint density at radius 2 is 1.95 bits per heavy atom. The third-order valence-electron chi connectivity index (χ3n) is 3.27. The first-order valence-corrected chi connectivity index (χ1v) is 7.89. The van der Waals surface area contributed by atoms with Gasteiger partial charge in [-0.15, -0.1) is 0 Å². The van der Waals surface area contributed by atoms with E-state index in [0.29, 0.717) is 0 Å². The molecule has 1 aliphatic rings. The number of aliphatic hydroxyl groups excluding tert-OH is 1. The summed E-state index contributed by atoms with van der Waals surface area (Å²) < 4.78 is 56.4. The predicted molar refractivity (Wildman–Crippen MR) is 72.1 cm³/mol. The molecule has 0 spiro atoms. The fourth-order valence-electron chi connectivity index (χ4n) is 1.89. The average Bonchev–Trinajstić information content (AvgIpc) is 2.67. The van der Waals surface area contributed by atoms with Gasteiger partial charge in [0.2, 0.25) is 21.7 Å². The summed E-state index contributed by atoms with van der Waals surface area (Å²) in [7, 11) is -3.79. The summed E-state index contributed by atoms with van der Waals surface area (Å²) in [5.41, 5.74) is -1.92. The number of hydrogen-bond donors (Lipinski definition) is 2. The Kier molecular flexibility index (Phi) is 3.86. The molecule has 1 aliphatic heterocycles. The lowest BCUT2D eigenvalue weighted by molar-refractivity contribution is -0.131. The Balaban J connectivity index is 2.40. The van der Waals surface area contributed by atoms with Gasteiger partial charge in [-0.05, 0) is 26.0 Å². The van der Waals surface area contributed by atoms with Crippen LogP contribution < -0.4 is 4.72 Å². The van der Waals surface area contributed by atoms with E-state index in [0.717, 1.165) is 18.2 Å². The van der Waals surface area contributed by atoms with Crippen molar-refractivity contribution in [3.8, 4) is 0 Å². The summed E-state index contributed by atoms with van der Waals surface area (Å²) in [6, 6.07) is 2.66. The number of benzene rings is 1. The number of Topliss-reactive ketones (excluding diaryl/α,β-unsaturated/α-hetero) is 1. The van der Waals surface area contributed by atoms with E-state index in [-0.39, 0.29) is 11.3 Å². The molecule has 1 atom stereocenters. The summed E-state index contributed by atoms with van der Waals surface area (Å²) in [4.78, 5) is 12.1. The van der Waals surface area contributed by atoms with Crippen LogP contribution >= 0.6 is 0 Å². The number of hydrogen-bond acceptors (Lipinski definition) is 5. The van der Waals surface area contributed by atoms with E-state index in [1.807, 2.05) is 4.72 Å². The van der Waals surface area contributed by atoms with E-state index in [9.17, 15) is 27.1 Å². The van der Waals surface area contributed by atoms with Gasteiger partial charge >= 0.3 is 0 Å². The van der Waals surface area contributed by atoms with Crippen molar-refractivity contribution in [2.75, 3.05) is 5.75 Å². The van der Waals surface area contributed by atoms with Crippen LogP contribution in [0.25, 0.3) is 0 Å². The summed E-state index contributed by atoms with van der Waals surface area (Å²) >= 11 is 0. The molecule has 2 rings (SSSR count). The number of sulfonamides is 1. The van der Waals surface area contributed by atoms with Gasteiger partial charge in [-0.2, -0.15) is 0 Å². The number of ketones is 1. The smallest absolute Gasteiger partial charge is 0.250 e. The molecule has 1 heterocycles. The van der Waals surface area contributed by atoms with Crippen LogP contribution in [0.2, 0.25) is 0 Å². The summed E-state index contributed by atoms with van der Waals surface area (Å²) in [6.45, 7) is 2.57. The minimum atomic E-state index is -3.79. The molecule has 0 fully saturated rings. The highest BCUT2D eigenvalue weighted by Crippen LogP contribution is 2.37. The van der Waals surface area contributed by atoms with Crippen LogP contribution in [-0.4, -0.2) is 25.1 Å². The van der Waals surface area contributed by atoms with Crippen LogP contribution in [0.5, 0.6) is 0 Å². The molecule has 120 valence electrons. The van der Waals surface area contributed by atoms with Gasteiger partial charge in [0.1, 0.15) is 0 Å². The molecule has 22 heavy (non-hydrogen) atoms. The van der Waals surface area contributed by atoms with Crippen molar-refractivity contribution in [3.63, 3.8) is 0 Å². The fourth-order valence-corrected chi connectivity index (χ4v) is 2.46. The van der Waals surface area contributed by atoms with Crippen LogP contribution in [0.15, 0.2) is 29.8 Å². The number of rotatable bonds is 4. The minimum Gasteiger partial charge on any atom is -0.501 e. The third-order valence-corrected chi connectivity index (χ3v) is 4.52. The monoisotopic (exact) mass is 333 g/mol. The van der Waals surface area contributed by atoms with Crippen LogP contribution in [0, 0.1) is 11.6 Å². The standard InChI is InChI=1S/C13H13F2NO5S/c1-3-22(19,20)16-12-10(17)11(18)13(2,21-12)7-4-5-8(14)9(15)6-7/h4-6,16-17H,3H2,1-2H3. The zero-order valence-corrected chi connectivity index (χ0v) is 12.5. The highest BCUT2D eigenvalue weighted by atomic mass is 32.2. The highest BCUT2D eigenvalue weighted by Gasteiger charge is 2.48. The van der Waals surface area contributed by atoms with Gasteiger partial charge in [0.25, 0.3) is 5.78 Å². The number of ether oxygens (including phenoxy) is 1. The van der Waals surface area contributed by atoms with E-state index >= 15 is 0 Å². The third kappa shape index (κ3) is 2.63. The van der Waals surface area contributed by atoms with Crippen molar-refractivity contribution in [1.82, 2.24) is 4.72 Å². The lowest BCUT2D eigenvalue weighted by atomic mass is 9.91. The number of aliphatic hydroxyl groups is 1. The second-order valence-corrected chi connectivity index (χ2v) is 6.79. The first-order chi connectivity index (χ1) is 10.1. The second kappa shape index (κ2) is 5.24. The van der Waals surface area contributed by atoms with Gasteiger partial charge in [0.15, 0.2) is 17.2 Å². The van der Waals surface area contributed by atoms with E-state index in [1.165, 1.54) is 13.8 Å². The zero-order valence-electron chi connectivity index (χ0n) is 11.7. The SMILES string of the molecule is CCS(=O)(=O)NC1=C(O)C(=O)C(C)(c2ccc(F)c(F)c2)O1. The van der Waals surface area contributed by atoms with Crippen molar-refractivity contribution in [1.29, 1.82) is 0 Å². The molecule has 0 saturated carbocycles. The summed E-state index contributed by atoms with van der Waals surface area (Å²) in [6.07, 6.45) is 0. The molecular formula is C13H13F2NO5S. The molecule has 2 N–H and O–H groups in total. The van der Waals surface area contributed by atoms with Crippen LogP contribution in [0.3, 0.4) is 0 Å². The van der Waals surface area contributed by atoms with E-state index in [1.54, 1.807) is 0 Å². The zero-order chi connectivity index (χ0) is 16.7. The van der Waals surface area contributed by atoms with Crippen molar-refractivity contribution in [3.05, 3.63) is 47.0 Å². The van der Waals surface area contributed by atoms with E-state index < -0.39 is 44.7 Å². The number of nitrogens with one attached hydrogen (secondary N) is 1. The quantitative estimate of drug-likeness (QED) is 0.870. The van der Waals surface area contributed by atoms with Crippen molar-refractivity contribution in [2.24, 2.45) is 0 Å². The molecular weight excluding hydrogens is 320 g/mol. The Morgan fingerprint density at radius 1 is 1.32 bits per heavy atom. The lowest BCUT2D eigenvalue weighted by Gasteiger charge is -2.23. The van der Waals surface area contributed by atoms with Crippen molar-refractivity contribution < 1.29 is 31.8 Å². The fraction of sp³-hybridized carbons (Fsp3) is 0.308. The maximum atomic E-state index is 13.3. The van der Waals surface area contributed by atoms with Crippen molar-refractivity contribution >= 4 is 15.8 Å². The molecule has 1 unspecified atom stereocenters. The number of carbonyl (C=O) groups is 1. The minimum absolute atomic E-state index is 0.0614. The van der Waals surface area contributed by atoms with Gasteiger partial charge < -0.3 is 9.84 Å². The summed E-state index contributed by atoms with van der Waals surface area (Å²) in [5, 5.41) is 9.75. The van der Waals surface area contributed by atoms with Crippen molar-refractivity contribution in [2.45, 2.75) is 19.4 Å². The maximum Gasteiger partial charge on any atom is 0.250 e. The molecule has 0 saturated heterocycles. The van der Waals surface area contributed by atoms with E-state index in [2.05, 4.69) is 0 Å². The van der Waals surface area contributed by atoms with Gasteiger partial charge in [0, 0.05) is 5.56 Å². The van der Waals surface area contributed by atoms with Crippen LogP contribution in [0.4, 0.5) is 8.78 Å². The van der Waals surface area contributed by atoms with Gasteiger partial charge in [-0.1, -0.05) is 6.07 Å². The second-order valence-electron chi connectivity index (χ2n) is 4.78. The lowest BCUT2D eigenvalue weighted by Crippen LogP contribution is -2.32. The molecule has 0 aromatic heterocycles. The first-order valence-electron chi connectivity index (χ1n) is 6.24. The molecule has 9 heteroatoms. The molecule has 0 amide bonds. The van der Waals surface area contributed by atoms with Gasteiger partial charge in [-0.3, -0.25) is 9.52 Å². The Morgan fingerprint density at radius 3 is 2.50 bits per heavy atom. The Bertz CT molecular complexity index is 775. The first kappa shape index (κ1) is 16.2. The van der Waals surface area contributed by atoms with E-state index in [4.69, 9.17) is 4.74 Å². The largest absolute Gasteiger partial charge is 0.501 e.